The molecule has 2 atom stereocenters. The largest absolute Gasteiger partial charge is 0.117 e. The van der Waals surface area contributed by atoms with Gasteiger partial charge in [0, 0.05) is 20.5 Å². The standard InChI is InChI=1S/C18H13BrS/c19-13-10-8-12(9-11-13)14-5-3-6-16-15-4-1-2-7-17(15)20-18(14)16/h1-11,15,17H. The fourth-order valence-corrected chi connectivity index (χ4v) is 4.66. The number of fused-ring (bicyclic) bond motifs is 3. The highest BCUT2D eigenvalue weighted by Crippen LogP contribution is 2.51. The molecule has 0 nitrogen and oxygen atoms in total. The normalized spacial score (nSPS) is 22.6. The first-order valence-electron chi connectivity index (χ1n) is 6.73. The molecule has 2 unspecified atom stereocenters. The Morgan fingerprint density at radius 3 is 2.55 bits per heavy atom. The van der Waals surface area contributed by atoms with Crippen LogP contribution in [0.4, 0.5) is 0 Å². The Hall–Kier alpha value is -1.25. The quantitative estimate of drug-likeness (QED) is 0.632. The van der Waals surface area contributed by atoms with Crippen LogP contribution in [-0.4, -0.2) is 5.25 Å². The summed E-state index contributed by atoms with van der Waals surface area (Å²) < 4.78 is 1.13. The monoisotopic (exact) mass is 340 g/mol. The smallest absolute Gasteiger partial charge is 0.0381 e. The lowest BCUT2D eigenvalue weighted by Gasteiger charge is -2.14. The van der Waals surface area contributed by atoms with E-state index in [0.29, 0.717) is 11.2 Å². The molecule has 1 heterocycles. The Balaban J connectivity index is 1.85. The molecule has 0 N–H and O–H groups in total. The van der Waals surface area contributed by atoms with Crippen LogP contribution >= 0.6 is 27.7 Å². The second-order valence-corrected chi connectivity index (χ2v) is 7.21. The van der Waals surface area contributed by atoms with Gasteiger partial charge >= 0.3 is 0 Å². The number of thioether (sulfide) groups is 1. The molecule has 0 amide bonds. The molecule has 98 valence electrons. The number of allylic oxidation sites excluding steroid dienone is 3. The van der Waals surface area contributed by atoms with Crippen molar-refractivity contribution in [3.8, 4) is 11.1 Å². The van der Waals surface area contributed by atoms with Gasteiger partial charge in [-0.2, -0.15) is 0 Å². The molecule has 0 saturated carbocycles. The molecule has 0 saturated heterocycles. The molecule has 0 bridgehead atoms. The predicted octanol–water partition coefficient (Wildman–Crippen LogP) is 5.80. The maximum absolute atomic E-state index is 3.51. The van der Waals surface area contributed by atoms with Crippen molar-refractivity contribution < 1.29 is 0 Å². The van der Waals surface area contributed by atoms with Gasteiger partial charge in [-0.3, -0.25) is 0 Å². The van der Waals surface area contributed by atoms with E-state index in [1.165, 1.54) is 21.6 Å². The highest BCUT2D eigenvalue weighted by molar-refractivity contribution is 9.10. The van der Waals surface area contributed by atoms with Crippen molar-refractivity contribution in [2.75, 3.05) is 0 Å². The third-order valence-electron chi connectivity index (χ3n) is 3.90. The van der Waals surface area contributed by atoms with Gasteiger partial charge in [0.25, 0.3) is 0 Å². The molecule has 2 aliphatic rings. The first kappa shape index (κ1) is 12.5. The number of halogens is 1. The zero-order valence-corrected chi connectivity index (χ0v) is 13.2. The summed E-state index contributed by atoms with van der Waals surface area (Å²) in [4.78, 5) is 1.45. The molecular formula is C18H13BrS. The van der Waals surface area contributed by atoms with Crippen molar-refractivity contribution in [2.45, 2.75) is 16.1 Å². The van der Waals surface area contributed by atoms with Crippen LogP contribution in [0.15, 0.2) is 76.1 Å². The summed E-state index contributed by atoms with van der Waals surface area (Å²) in [5, 5.41) is 0.562. The number of rotatable bonds is 1. The first-order chi connectivity index (χ1) is 9.83. The van der Waals surface area contributed by atoms with Crippen molar-refractivity contribution in [1.82, 2.24) is 0 Å². The molecule has 1 aliphatic heterocycles. The second kappa shape index (κ2) is 4.94. The highest BCUT2D eigenvalue weighted by atomic mass is 79.9. The van der Waals surface area contributed by atoms with Crippen LogP contribution in [0.1, 0.15) is 11.5 Å². The zero-order chi connectivity index (χ0) is 13.5. The second-order valence-electron chi connectivity index (χ2n) is 5.11. The summed E-state index contributed by atoms with van der Waals surface area (Å²) in [5.74, 6) is 0.537. The molecule has 1 aliphatic carbocycles. The van der Waals surface area contributed by atoms with Gasteiger partial charge in [0.15, 0.2) is 0 Å². The molecule has 4 rings (SSSR count). The maximum Gasteiger partial charge on any atom is 0.0381 e. The molecule has 2 heteroatoms. The van der Waals surface area contributed by atoms with Gasteiger partial charge in [-0.05, 0) is 28.8 Å². The summed E-state index contributed by atoms with van der Waals surface area (Å²) >= 11 is 5.50. The molecule has 0 radical (unpaired) electrons. The lowest BCUT2D eigenvalue weighted by atomic mass is 9.90. The van der Waals surface area contributed by atoms with Crippen LogP contribution in [0, 0.1) is 0 Å². The molecular weight excluding hydrogens is 328 g/mol. The first-order valence-corrected chi connectivity index (χ1v) is 8.41. The Morgan fingerprint density at radius 1 is 0.900 bits per heavy atom. The summed E-state index contributed by atoms with van der Waals surface area (Å²) in [5.41, 5.74) is 4.13. The van der Waals surface area contributed by atoms with E-state index < -0.39 is 0 Å². The van der Waals surface area contributed by atoms with Crippen molar-refractivity contribution >= 4 is 27.7 Å². The Morgan fingerprint density at radius 2 is 1.70 bits per heavy atom. The number of benzene rings is 2. The summed E-state index contributed by atoms with van der Waals surface area (Å²) in [6, 6.07) is 15.3. The summed E-state index contributed by atoms with van der Waals surface area (Å²) in [6.45, 7) is 0. The molecule has 2 aromatic carbocycles. The summed E-state index contributed by atoms with van der Waals surface area (Å²) in [7, 11) is 0. The zero-order valence-electron chi connectivity index (χ0n) is 10.8. The minimum atomic E-state index is 0.537. The molecule has 2 aromatic rings. The van der Waals surface area contributed by atoms with E-state index in [1.54, 1.807) is 0 Å². The van der Waals surface area contributed by atoms with Crippen molar-refractivity contribution in [3.63, 3.8) is 0 Å². The van der Waals surface area contributed by atoms with Crippen molar-refractivity contribution in [1.29, 1.82) is 0 Å². The highest BCUT2D eigenvalue weighted by Gasteiger charge is 2.32. The van der Waals surface area contributed by atoms with E-state index in [4.69, 9.17) is 0 Å². The van der Waals surface area contributed by atoms with Crippen molar-refractivity contribution in [2.24, 2.45) is 0 Å². The lowest BCUT2D eigenvalue weighted by molar-refractivity contribution is 0.881. The molecule has 0 spiro atoms. The molecule has 0 aromatic heterocycles. The van der Waals surface area contributed by atoms with Gasteiger partial charge in [-0.15, -0.1) is 11.8 Å². The molecule has 20 heavy (non-hydrogen) atoms. The average Bonchev–Trinajstić information content (AvgIpc) is 2.87. The number of hydrogen-bond donors (Lipinski definition) is 0. The van der Waals surface area contributed by atoms with E-state index in [9.17, 15) is 0 Å². The van der Waals surface area contributed by atoms with Crippen LogP contribution in [0.2, 0.25) is 0 Å². The number of hydrogen-bond acceptors (Lipinski definition) is 1. The van der Waals surface area contributed by atoms with Gasteiger partial charge in [0.2, 0.25) is 0 Å². The SMILES string of the molecule is Brc1ccc(-c2cccc3c2SC2C=CC=CC32)cc1. The van der Waals surface area contributed by atoms with E-state index in [2.05, 4.69) is 82.7 Å². The third-order valence-corrected chi connectivity index (χ3v) is 5.84. The fourth-order valence-electron chi connectivity index (χ4n) is 2.92. The van der Waals surface area contributed by atoms with E-state index in [0.717, 1.165) is 4.47 Å². The fraction of sp³-hybridized carbons (Fsp3) is 0.111. The van der Waals surface area contributed by atoms with Gasteiger partial charge in [-0.25, -0.2) is 0 Å². The minimum absolute atomic E-state index is 0.537. The van der Waals surface area contributed by atoms with Gasteiger partial charge in [0.1, 0.15) is 0 Å². The Bertz CT molecular complexity index is 713. The minimum Gasteiger partial charge on any atom is -0.117 e. The lowest BCUT2D eigenvalue weighted by Crippen LogP contribution is -2.06. The topological polar surface area (TPSA) is 0 Å². The third kappa shape index (κ3) is 1.99. The van der Waals surface area contributed by atoms with E-state index >= 15 is 0 Å². The average molecular weight is 341 g/mol. The van der Waals surface area contributed by atoms with E-state index in [-0.39, 0.29) is 0 Å². The van der Waals surface area contributed by atoms with Crippen LogP contribution in [0.3, 0.4) is 0 Å². The molecule has 0 fully saturated rings. The predicted molar refractivity (Wildman–Crippen MR) is 90.2 cm³/mol. The van der Waals surface area contributed by atoms with Gasteiger partial charge < -0.3 is 0 Å². The summed E-state index contributed by atoms with van der Waals surface area (Å²) in [6.07, 6.45) is 8.98. The van der Waals surface area contributed by atoms with Gasteiger partial charge in [0.05, 0.1) is 0 Å². The van der Waals surface area contributed by atoms with Crippen LogP contribution < -0.4 is 0 Å². The van der Waals surface area contributed by atoms with Crippen molar-refractivity contribution in [3.05, 3.63) is 76.8 Å². The van der Waals surface area contributed by atoms with Crippen LogP contribution in [0.5, 0.6) is 0 Å². The van der Waals surface area contributed by atoms with E-state index in [1.807, 2.05) is 11.8 Å². The van der Waals surface area contributed by atoms with Crippen LogP contribution in [-0.2, 0) is 0 Å². The van der Waals surface area contributed by atoms with Gasteiger partial charge in [-0.1, -0.05) is 70.6 Å². The Kier molecular flexibility index (Phi) is 3.08. The maximum atomic E-state index is 3.51. The Labute approximate surface area is 131 Å². The van der Waals surface area contributed by atoms with Crippen LogP contribution in [0.25, 0.3) is 11.1 Å².